The third kappa shape index (κ3) is 2.44. The first kappa shape index (κ1) is 9.44. The molecule has 1 aromatic carbocycles. The fraction of sp³-hybridized carbons (Fsp3) is 0.333. The minimum atomic E-state index is -0.335. The van der Waals surface area contributed by atoms with Gasteiger partial charge in [-0.2, -0.15) is 0 Å². The molecule has 2 nitrogen and oxygen atoms in total. The molecule has 1 fully saturated rings. The van der Waals surface area contributed by atoms with Crippen LogP contribution < -0.4 is 0 Å². The van der Waals surface area contributed by atoms with Crippen LogP contribution in [0.15, 0.2) is 35.9 Å². The maximum Gasteiger partial charge on any atom is 0.0811 e. The van der Waals surface area contributed by atoms with Crippen molar-refractivity contribution in [2.75, 3.05) is 13.2 Å². The molecule has 0 aliphatic carbocycles. The summed E-state index contributed by atoms with van der Waals surface area (Å²) in [5.41, 5.74) is 2.33. The van der Waals surface area contributed by atoms with Gasteiger partial charge >= 0.3 is 0 Å². The summed E-state index contributed by atoms with van der Waals surface area (Å²) in [4.78, 5) is 0. The van der Waals surface area contributed by atoms with Gasteiger partial charge in [-0.3, -0.25) is 0 Å². The van der Waals surface area contributed by atoms with E-state index in [1.54, 1.807) is 0 Å². The van der Waals surface area contributed by atoms with Crippen molar-refractivity contribution < 1.29 is 9.84 Å². The Labute approximate surface area is 83.8 Å². The van der Waals surface area contributed by atoms with Gasteiger partial charge in [-0.1, -0.05) is 36.4 Å². The van der Waals surface area contributed by atoms with E-state index in [4.69, 9.17) is 4.74 Å². The minimum absolute atomic E-state index is 0.335. The zero-order valence-electron chi connectivity index (χ0n) is 8.02. The lowest BCUT2D eigenvalue weighted by Gasteiger charge is -2.20. The molecule has 1 heterocycles. The fourth-order valence-electron chi connectivity index (χ4n) is 1.63. The van der Waals surface area contributed by atoms with Crippen LogP contribution in [0.2, 0.25) is 0 Å². The van der Waals surface area contributed by atoms with Gasteiger partial charge in [-0.05, 0) is 17.6 Å². The van der Waals surface area contributed by atoms with Crippen molar-refractivity contribution in [2.24, 2.45) is 0 Å². The van der Waals surface area contributed by atoms with Gasteiger partial charge in [0, 0.05) is 0 Å². The van der Waals surface area contributed by atoms with Gasteiger partial charge in [-0.25, -0.2) is 0 Å². The monoisotopic (exact) mass is 190 g/mol. The molecule has 1 atom stereocenters. The second-order valence-electron chi connectivity index (χ2n) is 3.59. The Morgan fingerprint density at radius 1 is 1.29 bits per heavy atom. The standard InChI is InChI=1S/C12H14O2/c13-12-7-11(8-14-9-12)6-10-4-2-1-3-5-10/h1-6,12-13H,7-9H2/b11-6-/t12-/m0/s1. The third-order valence-corrected chi connectivity index (χ3v) is 2.27. The summed E-state index contributed by atoms with van der Waals surface area (Å²) in [5, 5.41) is 9.39. The summed E-state index contributed by atoms with van der Waals surface area (Å²) in [5.74, 6) is 0. The number of aliphatic hydroxyl groups excluding tert-OH is 1. The second-order valence-corrected chi connectivity index (χ2v) is 3.59. The van der Waals surface area contributed by atoms with Gasteiger partial charge in [-0.15, -0.1) is 0 Å². The largest absolute Gasteiger partial charge is 0.390 e. The molecule has 1 aliphatic heterocycles. The lowest BCUT2D eigenvalue weighted by atomic mass is 10.0. The summed E-state index contributed by atoms with van der Waals surface area (Å²) in [6.07, 6.45) is 2.48. The van der Waals surface area contributed by atoms with E-state index in [1.807, 2.05) is 30.3 Å². The lowest BCUT2D eigenvalue weighted by Crippen LogP contribution is -2.23. The van der Waals surface area contributed by atoms with Crippen LogP contribution in [0, 0.1) is 0 Å². The highest BCUT2D eigenvalue weighted by Gasteiger charge is 2.13. The SMILES string of the molecule is O[C@@H]1COC/C(=C\c2ccccc2)C1. The number of benzene rings is 1. The van der Waals surface area contributed by atoms with Crippen LogP contribution in [0.25, 0.3) is 6.08 Å². The molecule has 1 aromatic rings. The molecule has 1 N–H and O–H groups in total. The fourth-order valence-corrected chi connectivity index (χ4v) is 1.63. The Bertz CT molecular complexity index is 316. The normalized spacial score (nSPS) is 25.2. The molecule has 74 valence electrons. The van der Waals surface area contributed by atoms with Crippen LogP contribution in [-0.4, -0.2) is 24.4 Å². The van der Waals surface area contributed by atoms with Crippen molar-refractivity contribution in [3.8, 4) is 0 Å². The van der Waals surface area contributed by atoms with E-state index in [0.717, 1.165) is 12.0 Å². The Balaban J connectivity index is 2.10. The van der Waals surface area contributed by atoms with E-state index in [1.165, 1.54) is 5.56 Å². The molecule has 0 radical (unpaired) electrons. The minimum Gasteiger partial charge on any atom is -0.390 e. The van der Waals surface area contributed by atoms with E-state index < -0.39 is 0 Å². The maximum atomic E-state index is 9.39. The molecule has 0 amide bonds. The molecule has 2 heteroatoms. The van der Waals surface area contributed by atoms with Gasteiger partial charge in [0.25, 0.3) is 0 Å². The number of aliphatic hydroxyl groups is 1. The summed E-state index contributed by atoms with van der Waals surface area (Å²) in [6.45, 7) is 1.11. The molecule has 0 aromatic heterocycles. The Morgan fingerprint density at radius 2 is 2.07 bits per heavy atom. The molecule has 0 saturated carbocycles. The Kier molecular flexibility index (Phi) is 2.96. The maximum absolute atomic E-state index is 9.39. The Morgan fingerprint density at radius 3 is 2.79 bits per heavy atom. The van der Waals surface area contributed by atoms with E-state index in [-0.39, 0.29) is 6.10 Å². The average Bonchev–Trinajstić information content (AvgIpc) is 2.19. The van der Waals surface area contributed by atoms with Crippen LogP contribution >= 0.6 is 0 Å². The van der Waals surface area contributed by atoms with Crippen LogP contribution in [0.4, 0.5) is 0 Å². The van der Waals surface area contributed by atoms with Gasteiger partial charge in [0.05, 0.1) is 19.3 Å². The summed E-state index contributed by atoms with van der Waals surface area (Å²) in [7, 11) is 0. The molecule has 0 bridgehead atoms. The number of ether oxygens (including phenoxy) is 1. The lowest BCUT2D eigenvalue weighted by molar-refractivity contribution is 0.0210. The second kappa shape index (κ2) is 4.40. The van der Waals surface area contributed by atoms with Gasteiger partial charge < -0.3 is 9.84 Å². The average molecular weight is 190 g/mol. The van der Waals surface area contributed by atoms with Gasteiger partial charge in [0.2, 0.25) is 0 Å². The van der Waals surface area contributed by atoms with Crippen LogP contribution in [0.1, 0.15) is 12.0 Å². The summed E-state index contributed by atoms with van der Waals surface area (Å²) >= 11 is 0. The zero-order valence-corrected chi connectivity index (χ0v) is 8.02. The van der Waals surface area contributed by atoms with E-state index in [2.05, 4.69) is 6.08 Å². The van der Waals surface area contributed by atoms with E-state index >= 15 is 0 Å². The van der Waals surface area contributed by atoms with Gasteiger partial charge in [0.1, 0.15) is 0 Å². The first-order valence-corrected chi connectivity index (χ1v) is 4.85. The molecule has 2 rings (SSSR count). The highest BCUT2D eigenvalue weighted by molar-refractivity contribution is 5.53. The number of hydrogen-bond donors (Lipinski definition) is 1. The topological polar surface area (TPSA) is 29.5 Å². The smallest absolute Gasteiger partial charge is 0.0811 e. The zero-order chi connectivity index (χ0) is 9.80. The predicted molar refractivity (Wildman–Crippen MR) is 55.9 cm³/mol. The van der Waals surface area contributed by atoms with Gasteiger partial charge in [0.15, 0.2) is 0 Å². The van der Waals surface area contributed by atoms with Crippen molar-refractivity contribution >= 4 is 6.08 Å². The number of rotatable bonds is 1. The quantitative estimate of drug-likeness (QED) is 0.732. The predicted octanol–water partition coefficient (Wildman–Crippen LogP) is 1.85. The first-order chi connectivity index (χ1) is 6.84. The van der Waals surface area contributed by atoms with Crippen molar-refractivity contribution in [3.05, 3.63) is 41.5 Å². The molecule has 14 heavy (non-hydrogen) atoms. The molecule has 0 spiro atoms. The van der Waals surface area contributed by atoms with Crippen LogP contribution in [-0.2, 0) is 4.74 Å². The molecule has 1 saturated heterocycles. The van der Waals surface area contributed by atoms with Crippen LogP contribution in [0.3, 0.4) is 0 Å². The molecular weight excluding hydrogens is 176 g/mol. The van der Waals surface area contributed by atoms with Crippen molar-refractivity contribution in [1.82, 2.24) is 0 Å². The first-order valence-electron chi connectivity index (χ1n) is 4.85. The highest BCUT2D eigenvalue weighted by atomic mass is 16.5. The molecular formula is C12H14O2. The van der Waals surface area contributed by atoms with Crippen molar-refractivity contribution in [2.45, 2.75) is 12.5 Å². The van der Waals surface area contributed by atoms with Crippen LogP contribution in [0.5, 0.6) is 0 Å². The highest BCUT2D eigenvalue weighted by Crippen LogP contribution is 2.16. The van der Waals surface area contributed by atoms with Crippen molar-refractivity contribution in [1.29, 1.82) is 0 Å². The van der Waals surface area contributed by atoms with Crippen molar-refractivity contribution in [3.63, 3.8) is 0 Å². The van der Waals surface area contributed by atoms with E-state index in [0.29, 0.717) is 13.2 Å². The Hall–Kier alpha value is -1.12. The summed E-state index contributed by atoms with van der Waals surface area (Å²) in [6, 6.07) is 10.1. The molecule has 1 aliphatic rings. The third-order valence-electron chi connectivity index (χ3n) is 2.27. The molecule has 0 unspecified atom stereocenters. The number of hydrogen-bond acceptors (Lipinski definition) is 2. The van der Waals surface area contributed by atoms with E-state index in [9.17, 15) is 5.11 Å². The summed E-state index contributed by atoms with van der Waals surface area (Å²) < 4.78 is 5.25.